The average molecular weight is 392 g/mol. The number of sulfonamides is 1. The molecule has 0 bridgehead atoms. The van der Waals surface area contributed by atoms with Gasteiger partial charge in [-0.2, -0.15) is 0 Å². The normalized spacial score (nSPS) is 14.1. The summed E-state index contributed by atoms with van der Waals surface area (Å²) in [6, 6.07) is 5.87. The van der Waals surface area contributed by atoms with Gasteiger partial charge in [0.05, 0.1) is 0 Å². The van der Waals surface area contributed by atoms with Crippen LogP contribution in [-0.4, -0.2) is 39.6 Å². The van der Waals surface area contributed by atoms with Crippen molar-refractivity contribution >= 4 is 27.3 Å². The van der Waals surface area contributed by atoms with Crippen LogP contribution in [0.4, 0.5) is 11.4 Å². The molecule has 1 aromatic heterocycles. The summed E-state index contributed by atoms with van der Waals surface area (Å²) in [5, 5.41) is 6.47. The Balaban J connectivity index is 1.57. The van der Waals surface area contributed by atoms with E-state index in [0.717, 1.165) is 25.1 Å². The number of aryl methyl sites for hydroxylation is 3. The molecule has 1 aliphatic heterocycles. The van der Waals surface area contributed by atoms with Gasteiger partial charge in [-0.05, 0) is 44.4 Å². The number of fused-ring (bicyclic) bond motifs is 1. The molecule has 27 heavy (non-hydrogen) atoms. The van der Waals surface area contributed by atoms with Crippen molar-refractivity contribution in [2.45, 2.75) is 38.0 Å². The largest absolute Gasteiger partial charge is 0.374 e. The second-order valence-corrected chi connectivity index (χ2v) is 8.42. The van der Waals surface area contributed by atoms with E-state index < -0.39 is 10.0 Å². The number of anilines is 2. The van der Waals surface area contributed by atoms with Crippen molar-refractivity contribution < 1.29 is 17.7 Å². The van der Waals surface area contributed by atoms with Gasteiger partial charge < -0.3 is 14.7 Å². The summed E-state index contributed by atoms with van der Waals surface area (Å²) >= 11 is 0. The maximum absolute atomic E-state index is 12.3. The molecule has 8 nitrogen and oxygen atoms in total. The fourth-order valence-corrected chi connectivity index (χ4v) is 4.65. The van der Waals surface area contributed by atoms with Gasteiger partial charge in [-0.15, -0.1) is 0 Å². The van der Waals surface area contributed by atoms with E-state index in [1.807, 2.05) is 25.2 Å². The van der Waals surface area contributed by atoms with E-state index in [9.17, 15) is 13.2 Å². The number of carbonyl (C=O) groups excluding carboxylic acids is 1. The van der Waals surface area contributed by atoms with Crippen molar-refractivity contribution in [3.63, 3.8) is 0 Å². The number of nitrogens with zero attached hydrogens (tertiary/aromatic N) is 2. The van der Waals surface area contributed by atoms with Crippen LogP contribution in [0.2, 0.25) is 0 Å². The summed E-state index contributed by atoms with van der Waals surface area (Å²) < 4.78 is 32.0. The summed E-state index contributed by atoms with van der Waals surface area (Å²) in [7, 11) is -1.72. The molecule has 1 amide bonds. The molecule has 0 saturated carbocycles. The summed E-state index contributed by atoms with van der Waals surface area (Å²) in [6.07, 6.45) is 2.19. The van der Waals surface area contributed by atoms with E-state index in [1.165, 1.54) is 12.5 Å². The quantitative estimate of drug-likeness (QED) is 0.779. The van der Waals surface area contributed by atoms with E-state index in [-0.39, 0.29) is 29.5 Å². The number of aromatic nitrogens is 1. The first-order chi connectivity index (χ1) is 12.8. The number of rotatable bonds is 6. The van der Waals surface area contributed by atoms with E-state index in [2.05, 4.69) is 20.1 Å². The SMILES string of the molecule is Cc1noc(C)c1S(=O)(=O)NCCC(=O)Nc1ccc2c(c1)N(C)CCC2. The molecule has 0 radical (unpaired) electrons. The topological polar surface area (TPSA) is 105 Å². The predicted molar refractivity (Wildman–Crippen MR) is 102 cm³/mol. The molecule has 0 spiro atoms. The fraction of sp³-hybridized carbons (Fsp3) is 0.444. The molecule has 9 heteroatoms. The number of carbonyl (C=O) groups is 1. The summed E-state index contributed by atoms with van der Waals surface area (Å²) in [4.78, 5) is 14.4. The van der Waals surface area contributed by atoms with Crippen LogP contribution in [-0.2, 0) is 21.2 Å². The Morgan fingerprint density at radius 2 is 2.11 bits per heavy atom. The van der Waals surface area contributed by atoms with E-state index in [1.54, 1.807) is 6.92 Å². The van der Waals surface area contributed by atoms with Crippen molar-refractivity contribution in [2.75, 3.05) is 30.4 Å². The third-order valence-electron chi connectivity index (χ3n) is 4.60. The van der Waals surface area contributed by atoms with Gasteiger partial charge in [-0.3, -0.25) is 4.79 Å². The third-order valence-corrected chi connectivity index (χ3v) is 6.31. The Bertz CT molecular complexity index is 933. The van der Waals surface area contributed by atoms with Gasteiger partial charge in [0.15, 0.2) is 5.76 Å². The molecule has 0 fully saturated rings. The van der Waals surface area contributed by atoms with Crippen LogP contribution < -0.4 is 14.9 Å². The molecule has 0 unspecified atom stereocenters. The second kappa shape index (κ2) is 7.69. The van der Waals surface area contributed by atoms with Gasteiger partial charge in [0.25, 0.3) is 0 Å². The molecule has 2 N–H and O–H groups in total. The maximum atomic E-state index is 12.3. The third kappa shape index (κ3) is 4.30. The first-order valence-electron chi connectivity index (χ1n) is 8.84. The molecule has 0 atom stereocenters. The number of hydrogen-bond acceptors (Lipinski definition) is 6. The highest BCUT2D eigenvalue weighted by Crippen LogP contribution is 2.29. The van der Waals surface area contributed by atoms with Gasteiger partial charge in [0, 0.05) is 37.9 Å². The number of hydrogen-bond donors (Lipinski definition) is 2. The summed E-state index contributed by atoms with van der Waals surface area (Å²) in [5.41, 5.74) is 3.40. The zero-order valence-corrected chi connectivity index (χ0v) is 16.5. The number of benzene rings is 1. The highest BCUT2D eigenvalue weighted by atomic mass is 32.2. The lowest BCUT2D eigenvalue weighted by molar-refractivity contribution is -0.116. The van der Waals surface area contributed by atoms with Gasteiger partial charge >= 0.3 is 0 Å². The first-order valence-corrected chi connectivity index (χ1v) is 10.3. The van der Waals surface area contributed by atoms with Crippen LogP contribution in [0.3, 0.4) is 0 Å². The zero-order chi connectivity index (χ0) is 19.6. The second-order valence-electron chi connectivity index (χ2n) is 6.72. The highest BCUT2D eigenvalue weighted by Gasteiger charge is 2.24. The Morgan fingerprint density at radius 3 is 2.81 bits per heavy atom. The minimum atomic E-state index is -3.76. The van der Waals surface area contributed by atoms with Crippen LogP contribution in [0.25, 0.3) is 0 Å². The van der Waals surface area contributed by atoms with Crippen LogP contribution in [0, 0.1) is 13.8 Å². The average Bonchev–Trinajstić information content (AvgIpc) is 2.95. The minimum Gasteiger partial charge on any atom is -0.374 e. The van der Waals surface area contributed by atoms with E-state index >= 15 is 0 Å². The minimum absolute atomic E-state index is 0.0108. The summed E-state index contributed by atoms with van der Waals surface area (Å²) in [6.45, 7) is 4.08. The van der Waals surface area contributed by atoms with Crippen molar-refractivity contribution in [2.24, 2.45) is 0 Å². The lowest BCUT2D eigenvalue weighted by Crippen LogP contribution is -2.28. The molecule has 1 aliphatic rings. The van der Waals surface area contributed by atoms with Crippen LogP contribution in [0.15, 0.2) is 27.6 Å². The van der Waals surface area contributed by atoms with E-state index in [4.69, 9.17) is 4.52 Å². The van der Waals surface area contributed by atoms with Crippen LogP contribution in [0.1, 0.15) is 29.9 Å². The monoisotopic (exact) mass is 392 g/mol. The van der Waals surface area contributed by atoms with Gasteiger partial charge in [0.1, 0.15) is 10.6 Å². The molecule has 2 aromatic rings. The van der Waals surface area contributed by atoms with Gasteiger partial charge in [-0.25, -0.2) is 13.1 Å². The predicted octanol–water partition coefficient (Wildman–Crippen LogP) is 1.98. The maximum Gasteiger partial charge on any atom is 0.245 e. The molecular formula is C18H24N4O4S. The standard InChI is InChI=1S/C18H24N4O4S/c1-12-18(13(2)26-21-12)27(24,25)19-9-8-17(23)20-15-7-6-14-5-4-10-22(3)16(14)11-15/h6-7,11,19H,4-5,8-10H2,1-3H3,(H,20,23). The van der Waals surface area contributed by atoms with Gasteiger partial charge in [0.2, 0.25) is 15.9 Å². The fourth-order valence-electron chi connectivity index (χ4n) is 3.29. The van der Waals surface area contributed by atoms with E-state index in [0.29, 0.717) is 11.4 Å². The molecule has 0 aliphatic carbocycles. The van der Waals surface area contributed by atoms with Crippen LogP contribution in [0.5, 0.6) is 0 Å². The molecule has 0 saturated heterocycles. The smallest absolute Gasteiger partial charge is 0.245 e. The van der Waals surface area contributed by atoms with Crippen molar-refractivity contribution in [1.82, 2.24) is 9.88 Å². The zero-order valence-electron chi connectivity index (χ0n) is 15.7. The molecule has 3 rings (SSSR count). The summed E-state index contributed by atoms with van der Waals surface area (Å²) in [5.74, 6) is -0.0301. The Kier molecular flexibility index (Phi) is 5.52. The Labute approximate surface area is 159 Å². The van der Waals surface area contributed by atoms with Crippen LogP contribution >= 0.6 is 0 Å². The van der Waals surface area contributed by atoms with Crippen molar-refractivity contribution in [1.29, 1.82) is 0 Å². The molecule has 1 aromatic carbocycles. The lowest BCUT2D eigenvalue weighted by atomic mass is 10.0. The first kappa shape index (κ1) is 19.4. The van der Waals surface area contributed by atoms with Gasteiger partial charge in [-0.1, -0.05) is 11.2 Å². The number of nitrogens with one attached hydrogen (secondary N) is 2. The lowest BCUT2D eigenvalue weighted by Gasteiger charge is -2.28. The molecular weight excluding hydrogens is 368 g/mol. The Morgan fingerprint density at radius 1 is 1.33 bits per heavy atom. The molecule has 2 heterocycles. The highest BCUT2D eigenvalue weighted by molar-refractivity contribution is 7.89. The number of amides is 1. The van der Waals surface area contributed by atoms with Crippen molar-refractivity contribution in [3.8, 4) is 0 Å². The Hall–Kier alpha value is -2.39. The van der Waals surface area contributed by atoms with Crippen molar-refractivity contribution in [3.05, 3.63) is 35.2 Å². The molecule has 146 valence electrons.